The van der Waals surface area contributed by atoms with E-state index in [1.54, 1.807) is 36.4 Å². The van der Waals surface area contributed by atoms with Gasteiger partial charge in [0.15, 0.2) is 0 Å². The zero-order chi connectivity index (χ0) is 26.9. The Morgan fingerprint density at radius 1 is 0.556 bits per heavy atom. The lowest BCUT2D eigenvalue weighted by Crippen LogP contribution is -2.27. The van der Waals surface area contributed by atoms with Gasteiger partial charge in [-0.15, -0.1) is 0 Å². The van der Waals surface area contributed by atoms with Crippen molar-refractivity contribution >= 4 is 20.4 Å². The minimum absolute atomic E-state index is 0.193. The third kappa shape index (κ3) is 5.66. The average Bonchev–Trinajstić information content (AvgIpc) is 2.82. The van der Waals surface area contributed by atoms with Crippen LogP contribution in [0.4, 0.5) is 13.2 Å². The van der Waals surface area contributed by atoms with Crippen molar-refractivity contribution in [2.75, 3.05) is 0 Å². The Hall–Kier alpha value is -2.29. The topological polar surface area (TPSA) is 43.4 Å². The molecule has 3 aromatic rings. The van der Waals surface area contributed by atoms with Crippen LogP contribution in [0.25, 0.3) is 0 Å². The van der Waals surface area contributed by atoms with Crippen LogP contribution < -0.4 is 0 Å². The molecule has 0 radical (unpaired) electrons. The zero-order valence-corrected chi connectivity index (χ0v) is 23.0. The van der Waals surface area contributed by atoms with Gasteiger partial charge in [-0.25, -0.2) is 0 Å². The van der Waals surface area contributed by atoms with Crippen molar-refractivity contribution in [3.8, 4) is 0 Å². The predicted octanol–water partition coefficient (Wildman–Crippen LogP) is 9.12. The summed E-state index contributed by atoms with van der Waals surface area (Å²) in [6.07, 6.45) is 0. The molecule has 0 aromatic heterocycles. The van der Waals surface area contributed by atoms with E-state index in [0.717, 1.165) is 16.7 Å². The third-order valence-corrected chi connectivity index (χ3v) is 11.0. The van der Waals surface area contributed by atoms with Gasteiger partial charge >= 0.3 is 15.6 Å². The maximum Gasteiger partial charge on any atom is 0.524 e. The van der Waals surface area contributed by atoms with Crippen LogP contribution >= 0.6 is 10.3 Å². The van der Waals surface area contributed by atoms with Gasteiger partial charge in [-0.3, -0.25) is 0 Å². The van der Waals surface area contributed by atoms with Gasteiger partial charge in [-0.1, -0.05) is 77.9 Å². The summed E-state index contributed by atoms with van der Waals surface area (Å²) in [5.41, 5.74) is -2.62. The molecule has 0 saturated heterocycles. The second kappa shape index (κ2) is 10.6. The van der Waals surface area contributed by atoms with Crippen LogP contribution in [0.1, 0.15) is 76.0 Å². The van der Waals surface area contributed by atoms with Crippen molar-refractivity contribution < 1.29 is 25.2 Å². The second-order valence-corrected chi connectivity index (χ2v) is 14.1. The van der Waals surface area contributed by atoms with Crippen molar-refractivity contribution in [1.29, 1.82) is 0 Å². The van der Waals surface area contributed by atoms with Crippen LogP contribution in [0.2, 0.25) is 0 Å². The standard InChI is InChI=1S/C28H33F3O3S2/c1-19(2)22-7-13-25(14-8-22)35(34-36(32,33)28(29,30)31,26-15-9-23(10-16-26)20(3)4)27-17-11-24(12-18-27)21(5)6/h7-21H,1-6H3. The van der Waals surface area contributed by atoms with E-state index in [9.17, 15) is 21.6 Å². The molecule has 196 valence electrons. The van der Waals surface area contributed by atoms with Gasteiger partial charge < -0.3 is 0 Å². The number of hydrogen-bond acceptors (Lipinski definition) is 3. The molecule has 3 aromatic carbocycles. The largest absolute Gasteiger partial charge is 0.524 e. The number of rotatable bonds is 8. The molecule has 0 unspecified atom stereocenters. The molecule has 0 fully saturated rings. The highest BCUT2D eigenvalue weighted by atomic mass is 32.3. The third-order valence-electron chi connectivity index (χ3n) is 6.11. The summed E-state index contributed by atoms with van der Waals surface area (Å²) in [5, 5.41) is 0. The van der Waals surface area contributed by atoms with Gasteiger partial charge in [0.05, 0.1) is 0 Å². The lowest BCUT2D eigenvalue weighted by atomic mass is 10.0. The van der Waals surface area contributed by atoms with Gasteiger partial charge in [-0.05, 0) is 81.2 Å². The number of halogens is 3. The van der Waals surface area contributed by atoms with Crippen molar-refractivity contribution in [3.05, 3.63) is 89.5 Å². The first kappa shape index (κ1) is 28.3. The molecule has 36 heavy (non-hydrogen) atoms. The van der Waals surface area contributed by atoms with Crippen LogP contribution in [-0.4, -0.2) is 13.9 Å². The maximum absolute atomic E-state index is 13.7. The fourth-order valence-corrected chi connectivity index (χ4v) is 8.53. The summed E-state index contributed by atoms with van der Waals surface area (Å²) in [5.74, 6) is 0.580. The second-order valence-electron chi connectivity index (χ2n) is 9.70. The van der Waals surface area contributed by atoms with Crippen LogP contribution in [-0.2, 0) is 13.7 Å². The Balaban J connectivity index is 2.39. The van der Waals surface area contributed by atoms with E-state index < -0.39 is 25.9 Å². The van der Waals surface area contributed by atoms with E-state index in [2.05, 4.69) is 0 Å². The van der Waals surface area contributed by atoms with E-state index in [0.29, 0.717) is 14.7 Å². The van der Waals surface area contributed by atoms with Gasteiger partial charge in [-0.2, -0.15) is 25.2 Å². The molecule has 0 aliphatic heterocycles. The van der Waals surface area contributed by atoms with Crippen LogP contribution in [0, 0.1) is 0 Å². The molecule has 0 amide bonds. The Labute approximate surface area is 214 Å². The van der Waals surface area contributed by atoms with Gasteiger partial charge in [0.2, 0.25) is 0 Å². The first-order valence-electron chi connectivity index (χ1n) is 11.8. The van der Waals surface area contributed by atoms with E-state index in [1.807, 2.05) is 77.9 Å². The van der Waals surface area contributed by atoms with Crippen molar-refractivity contribution in [1.82, 2.24) is 0 Å². The molecule has 8 heteroatoms. The van der Waals surface area contributed by atoms with E-state index in [-0.39, 0.29) is 17.8 Å². The Morgan fingerprint density at radius 2 is 0.806 bits per heavy atom. The fraction of sp³-hybridized carbons (Fsp3) is 0.357. The lowest BCUT2D eigenvalue weighted by molar-refractivity contribution is -0.0496. The summed E-state index contributed by atoms with van der Waals surface area (Å²) in [7, 11) is -9.25. The van der Waals surface area contributed by atoms with Crippen LogP contribution in [0.3, 0.4) is 0 Å². The molecule has 0 bridgehead atoms. The average molecular weight is 539 g/mol. The lowest BCUT2D eigenvalue weighted by Gasteiger charge is -2.39. The van der Waals surface area contributed by atoms with Gasteiger partial charge in [0.1, 0.15) is 0 Å². The molecule has 0 N–H and O–H groups in total. The summed E-state index contributed by atoms with van der Waals surface area (Å²) in [6, 6.07) is 21.0. The van der Waals surface area contributed by atoms with Gasteiger partial charge in [0.25, 0.3) is 0 Å². The van der Waals surface area contributed by atoms with Crippen molar-refractivity contribution in [2.45, 2.75) is 79.5 Å². The highest BCUT2D eigenvalue weighted by Crippen LogP contribution is 2.70. The molecule has 0 saturated carbocycles. The quantitative estimate of drug-likeness (QED) is 0.269. The van der Waals surface area contributed by atoms with Crippen LogP contribution in [0.5, 0.6) is 0 Å². The van der Waals surface area contributed by atoms with Gasteiger partial charge in [0, 0.05) is 14.7 Å². The maximum atomic E-state index is 13.7. The smallest absolute Gasteiger partial charge is 0.200 e. The molecule has 0 aliphatic carbocycles. The first-order chi connectivity index (χ1) is 16.7. The Kier molecular flexibility index (Phi) is 8.33. The zero-order valence-electron chi connectivity index (χ0n) is 21.3. The number of hydrogen-bond donors (Lipinski definition) is 0. The minimum Gasteiger partial charge on any atom is -0.200 e. The molecule has 3 rings (SSSR count). The Morgan fingerprint density at radius 3 is 1.00 bits per heavy atom. The molecule has 0 spiro atoms. The van der Waals surface area contributed by atoms with E-state index in [4.69, 9.17) is 3.63 Å². The number of alkyl halides is 3. The molecule has 0 aliphatic rings. The molecular weight excluding hydrogens is 505 g/mol. The summed E-state index contributed by atoms with van der Waals surface area (Å²) < 4.78 is 71.7. The minimum atomic E-state index is -5.94. The highest BCUT2D eigenvalue weighted by Gasteiger charge is 2.52. The highest BCUT2D eigenvalue weighted by molar-refractivity contribution is 8.33. The number of benzene rings is 3. The van der Waals surface area contributed by atoms with Crippen LogP contribution in [0.15, 0.2) is 87.5 Å². The van der Waals surface area contributed by atoms with E-state index in [1.165, 1.54) is 0 Å². The van der Waals surface area contributed by atoms with Crippen molar-refractivity contribution in [3.63, 3.8) is 0 Å². The molecule has 0 heterocycles. The first-order valence-corrected chi connectivity index (χ1v) is 14.8. The van der Waals surface area contributed by atoms with Crippen molar-refractivity contribution in [2.24, 2.45) is 0 Å². The van der Waals surface area contributed by atoms with E-state index >= 15 is 0 Å². The molecular formula is C28H33F3O3S2. The monoisotopic (exact) mass is 538 g/mol. The molecule has 0 atom stereocenters. The molecule has 3 nitrogen and oxygen atoms in total. The summed E-state index contributed by atoms with van der Waals surface area (Å²) in [6.45, 7) is 12.1. The summed E-state index contributed by atoms with van der Waals surface area (Å²) >= 11 is 0. The SMILES string of the molecule is CC(C)c1ccc(S(OS(=O)(=O)C(F)(F)F)(c2ccc(C(C)C)cc2)c2ccc(C(C)C)cc2)cc1. The fourth-order valence-electron chi connectivity index (χ4n) is 3.83. The normalized spacial score (nSPS) is 13.6. The Bertz CT molecular complexity index is 1140. The summed E-state index contributed by atoms with van der Waals surface area (Å²) in [4.78, 5) is 1.11. The predicted molar refractivity (Wildman–Crippen MR) is 140 cm³/mol.